The van der Waals surface area contributed by atoms with E-state index in [1.165, 1.54) is 0 Å². The highest BCUT2D eigenvalue weighted by Gasteiger charge is 2.18. The van der Waals surface area contributed by atoms with Crippen LogP contribution in [0.5, 0.6) is 0 Å². The van der Waals surface area contributed by atoms with Crippen molar-refractivity contribution >= 4 is 5.82 Å². The van der Waals surface area contributed by atoms with Gasteiger partial charge in [-0.15, -0.1) is 5.10 Å². The number of rotatable bonds is 5. The summed E-state index contributed by atoms with van der Waals surface area (Å²) < 4.78 is 6.94. The Morgan fingerprint density at radius 2 is 2.00 bits per heavy atom. The Morgan fingerprint density at radius 1 is 1.23 bits per heavy atom. The maximum absolute atomic E-state index is 6.08. The first kappa shape index (κ1) is 14.2. The van der Waals surface area contributed by atoms with Crippen molar-refractivity contribution in [3.05, 3.63) is 30.3 Å². The summed E-state index contributed by atoms with van der Waals surface area (Å²) in [5.41, 5.74) is 7.39. The highest BCUT2D eigenvalue weighted by Crippen LogP contribution is 2.24. The fraction of sp³-hybridized carbons (Fsp3) is 0.333. The van der Waals surface area contributed by atoms with Crippen molar-refractivity contribution in [2.45, 2.75) is 26.8 Å². The van der Waals surface area contributed by atoms with Gasteiger partial charge >= 0.3 is 0 Å². The molecule has 2 aromatic heterocycles. The van der Waals surface area contributed by atoms with Gasteiger partial charge in [0.05, 0.1) is 0 Å². The van der Waals surface area contributed by atoms with Crippen molar-refractivity contribution in [1.29, 1.82) is 0 Å². The molecule has 0 bridgehead atoms. The second-order valence-corrected chi connectivity index (χ2v) is 5.52. The molecule has 2 N–H and O–H groups in total. The molecule has 22 heavy (non-hydrogen) atoms. The van der Waals surface area contributed by atoms with Crippen molar-refractivity contribution in [1.82, 2.24) is 25.1 Å². The molecule has 0 aliphatic rings. The van der Waals surface area contributed by atoms with Gasteiger partial charge in [-0.1, -0.05) is 54.5 Å². The van der Waals surface area contributed by atoms with Gasteiger partial charge in [-0.05, 0) is 12.3 Å². The number of hydrogen-bond acceptors (Lipinski definition) is 6. The molecule has 114 valence electrons. The smallest absolute Gasteiger partial charge is 0.282 e. The molecule has 0 aliphatic carbocycles. The van der Waals surface area contributed by atoms with Gasteiger partial charge in [0.25, 0.3) is 5.89 Å². The average molecular weight is 298 g/mol. The summed E-state index contributed by atoms with van der Waals surface area (Å²) in [4.78, 5) is 4.35. The second-order valence-electron chi connectivity index (χ2n) is 5.52. The van der Waals surface area contributed by atoms with E-state index in [4.69, 9.17) is 10.3 Å². The van der Waals surface area contributed by atoms with Crippen LogP contribution < -0.4 is 5.73 Å². The Bertz CT molecular complexity index is 746. The fourth-order valence-corrected chi connectivity index (χ4v) is 2.04. The lowest BCUT2D eigenvalue weighted by atomic mass is 10.1. The standard InChI is InChI=1S/C15H18N6O/c1-10(2)8-9-21-13(16)12(18-20-21)15-17-14(19-22-15)11-6-4-3-5-7-11/h3-7,10H,8-9,16H2,1-2H3. The normalized spacial score (nSPS) is 11.2. The topological polar surface area (TPSA) is 95.6 Å². The van der Waals surface area contributed by atoms with Crippen LogP contribution in [-0.4, -0.2) is 25.1 Å². The maximum atomic E-state index is 6.08. The van der Waals surface area contributed by atoms with Gasteiger partial charge in [-0.25, -0.2) is 4.68 Å². The molecule has 0 amide bonds. The van der Waals surface area contributed by atoms with Crippen LogP contribution in [0.1, 0.15) is 20.3 Å². The molecule has 0 aliphatic heterocycles. The molecule has 7 nitrogen and oxygen atoms in total. The van der Waals surface area contributed by atoms with Crippen LogP contribution in [0.2, 0.25) is 0 Å². The number of aryl methyl sites for hydroxylation is 1. The molecule has 0 atom stereocenters. The van der Waals surface area contributed by atoms with E-state index < -0.39 is 0 Å². The minimum absolute atomic E-state index is 0.284. The zero-order chi connectivity index (χ0) is 15.5. The lowest BCUT2D eigenvalue weighted by molar-refractivity contribution is 0.431. The van der Waals surface area contributed by atoms with E-state index in [0.29, 0.717) is 23.3 Å². The zero-order valence-electron chi connectivity index (χ0n) is 12.6. The van der Waals surface area contributed by atoms with E-state index in [2.05, 4.69) is 34.3 Å². The first-order valence-corrected chi connectivity index (χ1v) is 7.23. The SMILES string of the molecule is CC(C)CCn1nnc(-c2nc(-c3ccccc3)no2)c1N. The first-order valence-electron chi connectivity index (χ1n) is 7.23. The largest absolute Gasteiger partial charge is 0.382 e. The van der Waals surface area contributed by atoms with E-state index >= 15 is 0 Å². The third kappa shape index (κ3) is 2.83. The molecule has 7 heteroatoms. The predicted molar refractivity (Wildman–Crippen MR) is 82.6 cm³/mol. The second kappa shape index (κ2) is 5.97. The molecular weight excluding hydrogens is 280 g/mol. The molecule has 0 unspecified atom stereocenters. The van der Waals surface area contributed by atoms with E-state index in [-0.39, 0.29) is 5.89 Å². The minimum Gasteiger partial charge on any atom is -0.382 e. The van der Waals surface area contributed by atoms with Crippen molar-refractivity contribution in [3.63, 3.8) is 0 Å². The molecule has 0 saturated carbocycles. The summed E-state index contributed by atoms with van der Waals surface area (Å²) in [6.45, 7) is 5.02. The van der Waals surface area contributed by atoms with Crippen molar-refractivity contribution in [2.75, 3.05) is 5.73 Å². The van der Waals surface area contributed by atoms with Crippen molar-refractivity contribution in [3.8, 4) is 23.0 Å². The van der Waals surface area contributed by atoms with Gasteiger partial charge in [0.15, 0.2) is 11.5 Å². The summed E-state index contributed by atoms with van der Waals surface area (Å²) in [7, 11) is 0. The third-order valence-corrected chi connectivity index (χ3v) is 3.35. The Labute approximate surface area is 128 Å². The van der Waals surface area contributed by atoms with Gasteiger partial charge in [0, 0.05) is 12.1 Å². The van der Waals surface area contributed by atoms with Gasteiger partial charge in [-0.3, -0.25) is 0 Å². The molecule has 3 rings (SSSR count). The molecule has 0 radical (unpaired) electrons. The van der Waals surface area contributed by atoms with Crippen LogP contribution in [0.25, 0.3) is 23.0 Å². The molecule has 1 aromatic carbocycles. The highest BCUT2D eigenvalue weighted by molar-refractivity contribution is 5.64. The van der Waals surface area contributed by atoms with Crippen LogP contribution in [-0.2, 0) is 6.54 Å². The number of benzene rings is 1. The summed E-state index contributed by atoms with van der Waals surface area (Å²) in [6, 6.07) is 9.60. The lowest BCUT2D eigenvalue weighted by Gasteiger charge is -2.05. The van der Waals surface area contributed by atoms with E-state index in [1.807, 2.05) is 30.3 Å². The Hall–Kier alpha value is -2.70. The molecule has 2 heterocycles. The summed E-state index contributed by atoms with van der Waals surface area (Å²) in [6.07, 6.45) is 0.978. The Kier molecular flexibility index (Phi) is 3.86. The van der Waals surface area contributed by atoms with Crippen LogP contribution in [0.4, 0.5) is 5.82 Å². The van der Waals surface area contributed by atoms with Crippen LogP contribution in [0.15, 0.2) is 34.9 Å². The van der Waals surface area contributed by atoms with E-state index in [1.54, 1.807) is 4.68 Å². The minimum atomic E-state index is 0.284. The van der Waals surface area contributed by atoms with Gasteiger partial charge in [0.1, 0.15) is 0 Å². The predicted octanol–water partition coefficient (Wildman–Crippen LogP) is 2.62. The van der Waals surface area contributed by atoms with Gasteiger partial charge in [-0.2, -0.15) is 4.98 Å². The number of hydrogen-bond donors (Lipinski definition) is 1. The number of anilines is 1. The number of nitrogens with zero attached hydrogens (tertiary/aromatic N) is 5. The lowest BCUT2D eigenvalue weighted by Crippen LogP contribution is -2.07. The van der Waals surface area contributed by atoms with Crippen LogP contribution >= 0.6 is 0 Å². The van der Waals surface area contributed by atoms with Crippen LogP contribution in [0.3, 0.4) is 0 Å². The number of aromatic nitrogens is 5. The first-order chi connectivity index (χ1) is 10.6. The van der Waals surface area contributed by atoms with E-state index in [0.717, 1.165) is 18.5 Å². The maximum Gasteiger partial charge on any atom is 0.282 e. The summed E-state index contributed by atoms with van der Waals surface area (Å²) in [5.74, 6) is 1.81. The van der Waals surface area contributed by atoms with E-state index in [9.17, 15) is 0 Å². The molecule has 0 fully saturated rings. The summed E-state index contributed by atoms with van der Waals surface area (Å²) in [5, 5.41) is 12.1. The zero-order valence-corrected chi connectivity index (χ0v) is 12.6. The highest BCUT2D eigenvalue weighted by atomic mass is 16.5. The summed E-state index contributed by atoms with van der Waals surface area (Å²) >= 11 is 0. The molecule has 3 aromatic rings. The third-order valence-electron chi connectivity index (χ3n) is 3.35. The Balaban J connectivity index is 1.85. The Morgan fingerprint density at radius 3 is 2.73 bits per heavy atom. The molecule has 0 spiro atoms. The molecule has 0 saturated heterocycles. The number of nitrogen functional groups attached to an aromatic ring is 1. The quantitative estimate of drug-likeness (QED) is 0.778. The monoisotopic (exact) mass is 298 g/mol. The van der Waals surface area contributed by atoms with Gasteiger partial charge in [0.2, 0.25) is 5.82 Å². The number of nitrogens with two attached hydrogens (primary N) is 1. The average Bonchev–Trinajstić information content (AvgIpc) is 3.13. The van der Waals surface area contributed by atoms with Crippen molar-refractivity contribution in [2.24, 2.45) is 5.92 Å². The van der Waals surface area contributed by atoms with Crippen LogP contribution in [0, 0.1) is 5.92 Å². The fourth-order valence-electron chi connectivity index (χ4n) is 2.04. The van der Waals surface area contributed by atoms with Crippen molar-refractivity contribution < 1.29 is 4.52 Å². The molecular formula is C15H18N6O. The van der Waals surface area contributed by atoms with Gasteiger partial charge < -0.3 is 10.3 Å².